The standard InChI is InChI=1S/C22H25NO/c1-16(24)21-19(14-22(2,3)4)18-12-8-9-13-20(18)23(21)15-17-10-6-5-7-11-17/h5-13H,14-15H2,1-4H3. The van der Waals surface area contributed by atoms with E-state index in [1.807, 2.05) is 18.2 Å². The molecule has 0 fully saturated rings. The monoisotopic (exact) mass is 319 g/mol. The first kappa shape index (κ1) is 16.5. The van der Waals surface area contributed by atoms with Crippen molar-refractivity contribution in [1.82, 2.24) is 4.57 Å². The lowest BCUT2D eigenvalue weighted by molar-refractivity contribution is 0.100. The van der Waals surface area contributed by atoms with Crippen molar-refractivity contribution in [3.63, 3.8) is 0 Å². The average Bonchev–Trinajstić information content (AvgIpc) is 2.81. The highest BCUT2D eigenvalue weighted by Gasteiger charge is 2.24. The second kappa shape index (κ2) is 6.27. The number of ketones is 1. The van der Waals surface area contributed by atoms with Gasteiger partial charge >= 0.3 is 0 Å². The molecule has 0 saturated carbocycles. The van der Waals surface area contributed by atoms with E-state index in [-0.39, 0.29) is 11.2 Å². The summed E-state index contributed by atoms with van der Waals surface area (Å²) in [6, 6.07) is 18.7. The molecule has 3 rings (SSSR count). The highest BCUT2D eigenvalue weighted by molar-refractivity contribution is 6.01. The Balaban J connectivity index is 2.23. The summed E-state index contributed by atoms with van der Waals surface area (Å²) in [5.74, 6) is 0.140. The summed E-state index contributed by atoms with van der Waals surface area (Å²) in [4.78, 5) is 12.5. The fourth-order valence-corrected chi connectivity index (χ4v) is 3.42. The molecule has 124 valence electrons. The predicted octanol–water partition coefficient (Wildman–Crippen LogP) is 5.48. The van der Waals surface area contributed by atoms with Gasteiger partial charge in [0.15, 0.2) is 5.78 Å². The lowest BCUT2D eigenvalue weighted by Crippen LogP contribution is -2.14. The Morgan fingerprint density at radius 2 is 1.58 bits per heavy atom. The maximum Gasteiger partial charge on any atom is 0.176 e. The summed E-state index contributed by atoms with van der Waals surface area (Å²) in [6.07, 6.45) is 0.893. The third-order valence-corrected chi connectivity index (χ3v) is 4.30. The highest BCUT2D eigenvalue weighted by Crippen LogP contribution is 2.32. The van der Waals surface area contributed by atoms with Gasteiger partial charge < -0.3 is 4.57 Å². The van der Waals surface area contributed by atoms with E-state index in [0.29, 0.717) is 0 Å². The summed E-state index contributed by atoms with van der Waals surface area (Å²) < 4.78 is 2.19. The lowest BCUT2D eigenvalue weighted by atomic mass is 9.86. The number of carbonyl (C=O) groups excluding carboxylic acids is 1. The Kier molecular flexibility index (Phi) is 4.31. The number of benzene rings is 2. The maximum absolute atomic E-state index is 12.5. The van der Waals surface area contributed by atoms with E-state index in [1.165, 1.54) is 16.5 Å². The van der Waals surface area contributed by atoms with Crippen LogP contribution in [0.2, 0.25) is 0 Å². The number of aromatic nitrogens is 1. The second-order valence-electron chi connectivity index (χ2n) is 7.71. The predicted molar refractivity (Wildman–Crippen MR) is 101 cm³/mol. The molecule has 0 radical (unpaired) electrons. The number of para-hydroxylation sites is 1. The maximum atomic E-state index is 12.5. The van der Waals surface area contributed by atoms with E-state index in [4.69, 9.17) is 0 Å². The number of Topliss-reactive ketones (excluding diaryl/α,β-unsaturated/α-hetero) is 1. The largest absolute Gasteiger partial charge is 0.333 e. The van der Waals surface area contributed by atoms with Crippen molar-refractivity contribution in [3.8, 4) is 0 Å². The average molecular weight is 319 g/mol. The van der Waals surface area contributed by atoms with E-state index in [1.54, 1.807) is 6.92 Å². The van der Waals surface area contributed by atoms with Crippen molar-refractivity contribution in [2.45, 2.75) is 40.7 Å². The highest BCUT2D eigenvalue weighted by atomic mass is 16.1. The van der Waals surface area contributed by atoms with Gasteiger partial charge in [-0.1, -0.05) is 69.3 Å². The van der Waals surface area contributed by atoms with Crippen molar-refractivity contribution in [2.75, 3.05) is 0 Å². The van der Waals surface area contributed by atoms with Crippen LogP contribution in [0.1, 0.15) is 49.3 Å². The third kappa shape index (κ3) is 3.28. The molecule has 1 aromatic heterocycles. The third-order valence-electron chi connectivity index (χ3n) is 4.30. The zero-order valence-electron chi connectivity index (χ0n) is 15.0. The molecule has 0 N–H and O–H groups in total. The first-order chi connectivity index (χ1) is 11.4. The Labute approximate surface area is 144 Å². The molecule has 0 amide bonds. The van der Waals surface area contributed by atoms with Gasteiger partial charge in [-0.3, -0.25) is 4.79 Å². The van der Waals surface area contributed by atoms with Crippen LogP contribution in [0.4, 0.5) is 0 Å². The number of nitrogens with zero attached hydrogens (tertiary/aromatic N) is 1. The molecule has 2 aromatic carbocycles. The Hall–Kier alpha value is -2.35. The second-order valence-corrected chi connectivity index (χ2v) is 7.71. The van der Waals surface area contributed by atoms with Crippen LogP contribution in [-0.4, -0.2) is 10.4 Å². The zero-order valence-corrected chi connectivity index (χ0v) is 15.0. The first-order valence-electron chi connectivity index (χ1n) is 8.52. The number of carbonyl (C=O) groups is 1. The lowest BCUT2D eigenvalue weighted by Gasteiger charge is -2.19. The van der Waals surface area contributed by atoms with Gasteiger partial charge in [0.1, 0.15) is 0 Å². The van der Waals surface area contributed by atoms with E-state index >= 15 is 0 Å². The zero-order chi connectivity index (χ0) is 17.3. The van der Waals surface area contributed by atoms with Crippen LogP contribution >= 0.6 is 0 Å². The van der Waals surface area contributed by atoms with Crippen molar-refractivity contribution in [3.05, 3.63) is 71.4 Å². The summed E-state index contributed by atoms with van der Waals surface area (Å²) >= 11 is 0. The van der Waals surface area contributed by atoms with Crippen LogP contribution in [0.3, 0.4) is 0 Å². The van der Waals surface area contributed by atoms with Crippen LogP contribution in [-0.2, 0) is 13.0 Å². The molecule has 0 spiro atoms. The SMILES string of the molecule is CC(=O)c1c(CC(C)(C)C)c2ccccc2n1Cc1ccccc1. The molecule has 0 bridgehead atoms. The quantitative estimate of drug-likeness (QED) is 0.584. The fourth-order valence-electron chi connectivity index (χ4n) is 3.42. The summed E-state index contributed by atoms with van der Waals surface area (Å²) in [5.41, 5.74) is 4.52. The van der Waals surface area contributed by atoms with Crippen molar-refractivity contribution < 1.29 is 4.79 Å². The number of rotatable bonds is 4. The van der Waals surface area contributed by atoms with E-state index in [0.717, 1.165) is 24.2 Å². The molecule has 0 aliphatic carbocycles. The van der Waals surface area contributed by atoms with E-state index < -0.39 is 0 Å². The van der Waals surface area contributed by atoms with Gasteiger partial charge in [0.05, 0.1) is 5.69 Å². The molecule has 0 saturated heterocycles. The van der Waals surface area contributed by atoms with E-state index in [2.05, 4.69) is 61.7 Å². The molecular formula is C22H25NO. The Bertz CT molecular complexity index is 866. The molecule has 24 heavy (non-hydrogen) atoms. The molecule has 2 heteroatoms. The minimum Gasteiger partial charge on any atom is -0.333 e. The molecule has 0 aliphatic rings. The van der Waals surface area contributed by atoms with Crippen LogP contribution in [0, 0.1) is 5.41 Å². The van der Waals surface area contributed by atoms with Gasteiger partial charge in [-0.05, 0) is 29.0 Å². The molecule has 0 unspecified atom stereocenters. The number of hydrogen-bond acceptors (Lipinski definition) is 1. The van der Waals surface area contributed by atoms with Gasteiger partial charge in [0.25, 0.3) is 0 Å². The van der Waals surface area contributed by atoms with Crippen molar-refractivity contribution in [1.29, 1.82) is 0 Å². The minimum atomic E-state index is 0.131. The molecule has 0 aliphatic heterocycles. The normalized spacial score (nSPS) is 11.8. The van der Waals surface area contributed by atoms with E-state index in [9.17, 15) is 4.79 Å². The Morgan fingerprint density at radius 1 is 0.958 bits per heavy atom. The first-order valence-corrected chi connectivity index (χ1v) is 8.52. The summed E-state index contributed by atoms with van der Waals surface area (Å²) in [6.45, 7) is 9.07. The van der Waals surface area contributed by atoms with Gasteiger partial charge in [-0.15, -0.1) is 0 Å². The molecule has 3 aromatic rings. The van der Waals surface area contributed by atoms with Gasteiger partial charge in [-0.2, -0.15) is 0 Å². The van der Waals surface area contributed by atoms with Crippen molar-refractivity contribution >= 4 is 16.7 Å². The van der Waals surface area contributed by atoms with Gasteiger partial charge in [-0.25, -0.2) is 0 Å². The molecule has 1 heterocycles. The number of fused-ring (bicyclic) bond motifs is 1. The molecule has 2 nitrogen and oxygen atoms in total. The van der Waals surface area contributed by atoms with Crippen LogP contribution < -0.4 is 0 Å². The van der Waals surface area contributed by atoms with Crippen LogP contribution in [0.15, 0.2) is 54.6 Å². The Morgan fingerprint density at radius 3 is 2.21 bits per heavy atom. The van der Waals surface area contributed by atoms with Gasteiger partial charge in [0, 0.05) is 24.4 Å². The minimum absolute atomic E-state index is 0.131. The van der Waals surface area contributed by atoms with Gasteiger partial charge in [0.2, 0.25) is 0 Å². The van der Waals surface area contributed by atoms with Crippen LogP contribution in [0.5, 0.6) is 0 Å². The molecule has 0 atom stereocenters. The molecular weight excluding hydrogens is 294 g/mol. The smallest absolute Gasteiger partial charge is 0.176 e. The number of hydrogen-bond donors (Lipinski definition) is 0. The summed E-state index contributed by atoms with van der Waals surface area (Å²) in [5, 5.41) is 1.20. The van der Waals surface area contributed by atoms with Crippen molar-refractivity contribution in [2.24, 2.45) is 5.41 Å². The fraction of sp³-hybridized carbons (Fsp3) is 0.318. The van der Waals surface area contributed by atoms with Crippen LogP contribution in [0.25, 0.3) is 10.9 Å². The topological polar surface area (TPSA) is 22.0 Å². The summed E-state index contributed by atoms with van der Waals surface area (Å²) in [7, 11) is 0.